The van der Waals surface area contributed by atoms with Crippen LogP contribution in [-0.2, 0) is 28.0 Å². The van der Waals surface area contributed by atoms with Crippen LogP contribution in [0.3, 0.4) is 0 Å². The maximum atomic E-state index is 12.4. The molecule has 0 saturated heterocycles. The average Bonchev–Trinajstić information content (AvgIpc) is 3.34. The Morgan fingerprint density at radius 3 is 2.55 bits per heavy atom. The molecule has 8 nitrogen and oxygen atoms in total. The number of nitrogens with zero attached hydrogens (tertiary/aromatic N) is 4. The summed E-state index contributed by atoms with van der Waals surface area (Å²) in [4.78, 5) is 30.9. The van der Waals surface area contributed by atoms with Crippen molar-refractivity contribution in [1.82, 2.24) is 19.6 Å². The third-order valence-electron chi connectivity index (χ3n) is 5.18. The summed E-state index contributed by atoms with van der Waals surface area (Å²) in [5.74, 6) is 1.07. The van der Waals surface area contributed by atoms with E-state index < -0.39 is 0 Å². The number of carbonyl (C=O) groups excluding carboxylic acids is 2. The van der Waals surface area contributed by atoms with Crippen molar-refractivity contribution in [3.63, 3.8) is 0 Å². The Labute approximate surface area is 182 Å². The van der Waals surface area contributed by atoms with Crippen molar-refractivity contribution in [2.75, 3.05) is 18.4 Å². The molecule has 8 heteroatoms. The number of rotatable bonds is 8. The number of carbonyl (C=O) groups is 2. The van der Waals surface area contributed by atoms with Crippen LogP contribution in [0.4, 0.5) is 5.69 Å². The van der Waals surface area contributed by atoms with Crippen LogP contribution in [0.15, 0.2) is 35.0 Å². The second-order valence-electron chi connectivity index (χ2n) is 8.59. The summed E-state index contributed by atoms with van der Waals surface area (Å²) in [5.41, 5.74) is 1.48. The third-order valence-corrected chi connectivity index (χ3v) is 5.18. The summed E-state index contributed by atoms with van der Waals surface area (Å²) in [7, 11) is 0. The monoisotopic (exact) mass is 425 g/mol. The van der Waals surface area contributed by atoms with Gasteiger partial charge in [-0.05, 0) is 38.1 Å². The molecule has 0 aliphatic heterocycles. The van der Waals surface area contributed by atoms with Gasteiger partial charge < -0.3 is 19.3 Å². The Hall–Kier alpha value is -3.16. The van der Waals surface area contributed by atoms with Gasteiger partial charge in [-0.15, -0.1) is 0 Å². The quantitative estimate of drug-likeness (QED) is 0.593. The normalized spacial score (nSPS) is 11.6. The van der Waals surface area contributed by atoms with Crippen LogP contribution in [0, 0.1) is 0 Å². The van der Waals surface area contributed by atoms with Crippen molar-refractivity contribution in [2.24, 2.45) is 0 Å². The number of anilines is 1. The number of benzene rings is 1. The number of amides is 2. The molecule has 3 rings (SSSR count). The Bertz CT molecular complexity index is 1060. The molecule has 0 saturated carbocycles. The number of hydrogen-bond donors (Lipinski definition) is 1. The van der Waals surface area contributed by atoms with E-state index in [1.54, 1.807) is 0 Å². The Morgan fingerprint density at radius 1 is 1.16 bits per heavy atom. The van der Waals surface area contributed by atoms with Crippen LogP contribution < -0.4 is 5.32 Å². The second kappa shape index (κ2) is 9.32. The molecule has 0 aliphatic rings. The first-order chi connectivity index (χ1) is 14.7. The summed E-state index contributed by atoms with van der Waals surface area (Å²) in [6, 6.07) is 7.64. The lowest BCUT2D eigenvalue weighted by Gasteiger charge is -2.19. The third kappa shape index (κ3) is 5.51. The van der Waals surface area contributed by atoms with Crippen LogP contribution in [0.1, 0.15) is 52.8 Å². The molecule has 0 unspecified atom stereocenters. The minimum Gasteiger partial charge on any atom is -0.342 e. The number of fused-ring (bicyclic) bond motifs is 1. The molecule has 1 N–H and O–H groups in total. The Kier molecular flexibility index (Phi) is 6.77. The van der Waals surface area contributed by atoms with Crippen LogP contribution in [0.25, 0.3) is 10.9 Å². The zero-order valence-electron chi connectivity index (χ0n) is 18.9. The first-order valence-corrected chi connectivity index (χ1v) is 10.7. The van der Waals surface area contributed by atoms with Gasteiger partial charge in [0.2, 0.25) is 17.7 Å². The summed E-state index contributed by atoms with van der Waals surface area (Å²) in [6.07, 6.45) is 2.55. The molecular formula is C23H31N5O3. The van der Waals surface area contributed by atoms with E-state index in [1.807, 2.05) is 74.5 Å². The van der Waals surface area contributed by atoms with E-state index in [-0.39, 0.29) is 23.7 Å². The van der Waals surface area contributed by atoms with Gasteiger partial charge in [0.1, 0.15) is 6.54 Å². The first-order valence-electron chi connectivity index (χ1n) is 10.7. The van der Waals surface area contributed by atoms with Gasteiger partial charge >= 0.3 is 0 Å². The molecule has 0 spiro atoms. The molecule has 166 valence electrons. The van der Waals surface area contributed by atoms with Gasteiger partial charge in [-0.3, -0.25) is 9.59 Å². The van der Waals surface area contributed by atoms with E-state index >= 15 is 0 Å². The van der Waals surface area contributed by atoms with E-state index in [0.717, 1.165) is 10.9 Å². The zero-order valence-corrected chi connectivity index (χ0v) is 18.9. The lowest BCUT2D eigenvalue weighted by molar-refractivity contribution is -0.131. The second-order valence-corrected chi connectivity index (χ2v) is 8.59. The molecule has 0 fully saturated rings. The van der Waals surface area contributed by atoms with Gasteiger partial charge in [0, 0.05) is 54.1 Å². The summed E-state index contributed by atoms with van der Waals surface area (Å²) in [5, 5.41) is 7.86. The molecule has 2 aromatic heterocycles. The zero-order chi connectivity index (χ0) is 22.6. The van der Waals surface area contributed by atoms with Gasteiger partial charge in [-0.25, -0.2) is 0 Å². The van der Waals surface area contributed by atoms with Crippen molar-refractivity contribution in [3.05, 3.63) is 42.2 Å². The minimum atomic E-state index is -0.189. The van der Waals surface area contributed by atoms with Gasteiger partial charge in [0.05, 0.1) is 0 Å². The number of aromatic nitrogens is 3. The Balaban J connectivity index is 1.60. The highest BCUT2D eigenvalue weighted by molar-refractivity contribution is 5.94. The van der Waals surface area contributed by atoms with Gasteiger partial charge in [-0.1, -0.05) is 25.9 Å². The minimum absolute atomic E-state index is 0.0931. The average molecular weight is 426 g/mol. The number of hydrogen-bond acceptors (Lipinski definition) is 5. The highest BCUT2D eigenvalue weighted by atomic mass is 16.5. The smallest absolute Gasteiger partial charge is 0.242 e. The molecule has 0 bridgehead atoms. The molecule has 0 atom stereocenters. The van der Waals surface area contributed by atoms with E-state index in [1.165, 1.54) is 0 Å². The number of aryl methyl sites for hydroxylation is 1. The highest BCUT2D eigenvalue weighted by Gasteiger charge is 2.21. The van der Waals surface area contributed by atoms with E-state index in [0.29, 0.717) is 43.5 Å². The Morgan fingerprint density at radius 2 is 1.90 bits per heavy atom. The lowest BCUT2D eigenvalue weighted by Crippen LogP contribution is -2.33. The predicted molar refractivity (Wildman–Crippen MR) is 120 cm³/mol. The summed E-state index contributed by atoms with van der Waals surface area (Å²) in [6.45, 7) is 11.7. The van der Waals surface area contributed by atoms with Crippen molar-refractivity contribution in [1.29, 1.82) is 0 Å². The standard InChI is InChI=1S/C23H31N5O3/c1-6-27(7-2)21(30)15-28-13-12-16-14-17(8-9-18(16)28)24-19(29)10-11-20-25-22(26-31-20)23(3,4)5/h8-9,12-14H,6-7,10-11,15H2,1-5H3,(H,24,29). The summed E-state index contributed by atoms with van der Waals surface area (Å²) < 4.78 is 7.18. The molecule has 31 heavy (non-hydrogen) atoms. The van der Waals surface area contributed by atoms with Crippen molar-refractivity contribution in [2.45, 2.75) is 59.4 Å². The largest absolute Gasteiger partial charge is 0.342 e. The molecule has 2 heterocycles. The highest BCUT2D eigenvalue weighted by Crippen LogP contribution is 2.22. The molecule has 3 aromatic rings. The molecule has 1 aromatic carbocycles. The summed E-state index contributed by atoms with van der Waals surface area (Å²) >= 11 is 0. The molecule has 0 radical (unpaired) electrons. The van der Waals surface area contributed by atoms with Gasteiger partial charge in [0.25, 0.3) is 0 Å². The van der Waals surface area contributed by atoms with E-state index in [2.05, 4.69) is 15.5 Å². The van der Waals surface area contributed by atoms with Crippen molar-refractivity contribution < 1.29 is 14.1 Å². The fourth-order valence-electron chi connectivity index (χ4n) is 3.34. The number of likely N-dealkylation sites (N-methyl/N-ethyl adjacent to an activating group) is 1. The fraction of sp³-hybridized carbons (Fsp3) is 0.478. The van der Waals surface area contributed by atoms with Crippen LogP contribution in [0.2, 0.25) is 0 Å². The SMILES string of the molecule is CCN(CC)C(=O)Cn1ccc2cc(NC(=O)CCc3nc(C(C)(C)C)no3)ccc21. The van der Waals surface area contributed by atoms with Crippen molar-refractivity contribution >= 4 is 28.4 Å². The maximum Gasteiger partial charge on any atom is 0.242 e. The molecule has 0 aliphatic carbocycles. The lowest BCUT2D eigenvalue weighted by atomic mass is 9.96. The number of nitrogens with one attached hydrogen (secondary N) is 1. The van der Waals surface area contributed by atoms with Gasteiger partial charge in [0.15, 0.2) is 5.82 Å². The van der Waals surface area contributed by atoms with E-state index in [4.69, 9.17) is 4.52 Å². The predicted octanol–water partition coefficient (Wildman–Crippen LogP) is 3.76. The molecular weight excluding hydrogens is 394 g/mol. The van der Waals surface area contributed by atoms with Crippen LogP contribution in [-0.4, -0.2) is 44.5 Å². The fourth-order valence-corrected chi connectivity index (χ4v) is 3.34. The van der Waals surface area contributed by atoms with Crippen LogP contribution in [0.5, 0.6) is 0 Å². The van der Waals surface area contributed by atoms with Crippen molar-refractivity contribution in [3.8, 4) is 0 Å². The van der Waals surface area contributed by atoms with Gasteiger partial charge in [-0.2, -0.15) is 4.98 Å². The first kappa shape index (κ1) is 22.5. The molecule has 2 amide bonds. The topological polar surface area (TPSA) is 93.3 Å². The van der Waals surface area contributed by atoms with E-state index in [9.17, 15) is 9.59 Å². The maximum absolute atomic E-state index is 12.4. The van der Waals surface area contributed by atoms with Crippen LogP contribution >= 0.6 is 0 Å².